The summed E-state index contributed by atoms with van der Waals surface area (Å²) in [5.41, 5.74) is -0.265. The van der Waals surface area contributed by atoms with E-state index in [0.717, 1.165) is 17.9 Å². The van der Waals surface area contributed by atoms with Gasteiger partial charge in [0.05, 0.1) is 7.11 Å². The molecule has 0 spiro atoms. The Labute approximate surface area is 114 Å². The maximum Gasteiger partial charge on any atom is 0.326 e. The molecule has 3 nitrogen and oxygen atoms in total. The average molecular weight is 271 g/mol. The van der Waals surface area contributed by atoms with Crippen LogP contribution >= 0.6 is 11.8 Å². The van der Waals surface area contributed by atoms with Gasteiger partial charge in [-0.3, -0.25) is 10.1 Å². The monoisotopic (exact) mass is 271 g/mol. The van der Waals surface area contributed by atoms with E-state index in [4.69, 9.17) is 4.74 Å². The Hall–Kier alpha value is -0.220. The van der Waals surface area contributed by atoms with Crippen LogP contribution in [0.5, 0.6) is 0 Å². The van der Waals surface area contributed by atoms with Crippen molar-refractivity contribution < 1.29 is 9.53 Å². The Morgan fingerprint density at radius 3 is 2.50 bits per heavy atom. The number of methoxy groups -OCH3 is 1. The fourth-order valence-electron chi connectivity index (χ4n) is 3.36. The third-order valence-corrected chi connectivity index (χ3v) is 5.72. The highest BCUT2D eigenvalue weighted by molar-refractivity contribution is 7.99. The molecule has 4 heteroatoms. The van der Waals surface area contributed by atoms with Crippen LogP contribution in [0.1, 0.15) is 46.0 Å². The summed E-state index contributed by atoms with van der Waals surface area (Å²) in [6, 6.07) is 0.499. The molecular weight excluding hydrogens is 246 g/mol. The number of carbonyl (C=O) groups excluding carboxylic acids is 1. The molecular formula is C14H25NO2S. The van der Waals surface area contributed by atoms with Gasteiger partial charge in [0, 0.05) is 11.8 Å². The van der Waals surface area contributed by atoms with Crippen LogP contribution in [0.4, 0.5) is 0 Å². The summed E-state index contributed by atoms with van der Waals surface area (Å²) in [4.78, 5) is 12.3. The van der Waals surface area contributed by atoms with Gasteiger partial charge in [0.25, 0.3) is 0 Å². The molecule has 1 N–H and O–H groups in total. The molecule has 18 heavy (non-hydrogen) atoms. The zero-order valence-corrected chi connectivity index (χ0v) is 12.6. The summed E-state index contributed by atoms with van der Waals surface area (Å²) in [5.74, 6) is 1.90. The topological polar surface area (TPSA) is 38.3 Å². The Kier molecular flexibility index (Phi) is 4.27. The quantitative estimate of drug-likeness (QED) is 0.801. The summed E-state index contributed by atoms with van der Waals surface area (Å²) in [6.07, 6.45) is 5.85. The van der Waals surface area contributed by atoms with Crippen LogP contribution in [0.25, 0.3) is 0 Å². The molecule has 1 heterocycles. The smallest absolute Gasteiger partial charge is 0.326 e. The average Bonchev–Trinajstić information content (AvgIpc) is 2.79. The fourth-order valence-corrected chi connectivity index (χ4v) is 4.77. The van der Waals surface area contributed by atoms with Crippen molar-refractivity contribution in [1.29, 1.82) is 0 Å². The third-order valence-electron chi connectivity index (χ3n) is 4.03. The lowest BCUT2D eigenvalue weighted by Gasteiger charge is -2.44. The molecule has 1 aliphatic carbocycles. The van der Waals surface area contributed by atoms with E-state index < -0.39 is 5.54 Å². The van der Waals surface area contributed by atoms with Crippen LogP contribution in [0.2, 0.25) is 0 Å². The van der Waals surface area contributed by atoms with E-state index >= 15 is 0 Å². The van der Waals surface area contributed by atoms with Gasteiger partial charge in [-0.05, 0) is 30.4 Å². The second-order valence-electron chi connectivity index (χ2n) is 6.53. The van der Waals surface area contributed by atoms with Crippen molar-refractivity contribution in [3.63, 3.8) is 0 Å². The van der Waals surface area contributed by atoms with Gasteiger partial charge in [-0.15, -0.1) is 0 Å². The predicted molar refractivity (Wildman–Crippen MR) is 75.9 cm³/mol. The van der Waals surface area contributed by atoms with Crippen molar-refractivity contribution >= 4 is 17.7 Å². The van der Waals surface area contributed by atoms with Crippen molar-refractivity contribution in [3.8, 4) is 0 Å². The second-order valence-corrected chi connectivity index (χ2v) is 7.52. The molecule has 2 aliphatic rings. The second kappa shape index (κ2) is 5.41. The summed E-state index contributed by atoms with van der Waals surface area (Å²) in [6.45, 7) is 4.49. The van der Waals surface area contributed by atoms with E-state index in [0.29, 0.717) is 6.04 Å². The van der Waals surface area contributed by atoms with Gasteiger partial charge >= 0.3 is 5.97 Å². The van der Waals surface area contributed by atoms with Gasteiger partial charge in [-0.25, -0.2) is 0 Å². The number of ether oxygens (including phenoxy) is 1. The van der Waals surface area contributed by atoms with E-state index in [-0.39, 0.29) is 11.4 Å². The van der Waals surface area contributed by atoms with Crippen LogP contribution in [0.15, 0.2) is 0 Å². The Balaban J connectivity index is 2.14. The van der Waals surface area contributed by atoms with Crippen LogP contribution in [0.3, 0.4) is 0 Å². The lowest BCUT2D eigenvalue weighted by molar-refractivity contribution is -0.149. The first-order chi connectivity index (χ1) is 8.47. The first kappa shape index (κ1) is 14.2. The van der Waals surface area contributed by atoms with Crippen molar-refractivity contribution in [3.05, 3.63) is 0 Å². The SMILES string of the molecule is COC(=O)C1(NC2CCCC2)CSCC(C)(C)C1. The van der Waals surface area contributed by atoms with E-state index in [2.05, 4.69) is 19.2 Å². The van der Waals surface area contributed by atoms with Gasteiger partial charge in [0.1, 0.15) is 5.54 Å². The normalized spacial score (nSPS) is 32.4. The van der Waals surface area contributed by atoms with E-state index in [1.807, 2.05) is 11.8 Å². The van der Waals surface area contributed by atoms with Gasteiger partial charge in [-0.2, -0.15) is 11.8 Å². The molecule has 1 aliphatic heterocycles. The van der Waals surface area contributed by atoms with Gasteiger partial charge < -0.3 is 4.74 Å². The van der Waals surface area contributed by atoms with Gasteiger partial charge in [-0.1, -0.05) is 26.7 Å². The minimum absolute atomic E-state index is 0.0744. The molecule has 1 atom stereocenters. The molecule has 0 aromatic heterocycles. The summed E-state index contributed by atoms with van der Waals surface area (Å²) < 4.78 is 5.08. The Bertz CT molecular complexity index is 313. The van der Waals surface area contributed by atoms with Gasteiger partial charge in [0.15, 0.2) is 0 Å². The first-order valence-electron chi connectivity index (χ1n) is 6.91. The van der Waals surface area contributed by atoms with E-state index in [1.54, 1.807) is 0 Å². The largest absolute Gasteiger partial charge is 0.468 e. The molecule has 104 valence electrons. The molecule has 1 unspecified atom stereocenters. The number of nitrogens with one attached hydrogen (secondary N) is 1. The van der Waals surface area contributed by atoms with Crippen LogP contribution < -0.4 is 5.32 Å². The minimum Gasteiger partial charge on any atom is -0.468 e. The number of esters is 1. The Morgan fingerprint density at radius 1 is 1.28 bits per heavy atom. The summed E-state index contributed by atoms with van der Waals surface area (Å²) >= 11 is 1.87. The van der Waals surface area contributed by atoms with Crippen molar-refractivity contribution in [2.75, 3.05) is 18.6 Å². The summed E-state index contributed by atoms with van der Waals surface area (Å²) in [5, 5.41) is 3.64. The fraction of sp³-hybridized carbons (Fsp3) is 0.929. The molecule has 1 saturated heterocycles. The van der Waals surface area contributed by atoms with Crippen LogP contribution in [-0.4, -0.2) is 36.2 Å². The van der Waals surface area contributed by atoms with Crippen LogP contribution in [-0.2, 0) is 9.53 Å². The zero-order valence-electron chi connectivity index (χ0n) is 11.8. The number of thioether (sulfide) groups is 1. The van der Waals surface area contributed by atoms with E-state index in [1.165, 1.54) is 32.8 Å². The molecule has 1 saturated carbocycles. The summed E-state index contributed by atoms with van der Waals surface area (Å²) in [7, 11) is 1.51. The number of rotatable bonds is 3. The molecule has 2 rings (SSSR count). The number of hydrogen-bond donors (Lipinski definition) is 1. The molecule has 0 amide bonds. The third kappa shape index (κ3) is 3.02. The predicted octanol–water partition coefficient (Wildman–Crippen LogP) is 2.59. The van der Waals surface area contributed by atoms with Crippen LogP contribution in [0, 0.1) is 5.41 Å². The Morgan fingerprint density at radius 2 is 1.94 bits per heavy atom. The highest BCUT2D eigenvalue weighted by atomic mass is 32.2. The first-order valence-corrected chi connectivity index (χ1v) is 8.07. The zero-order chi connectivity index (χ0) is 13.2. The lowest BCUT2D eigenvalue weighted by Crippen LogP contribution is -2.61. The van der Waals surface area contributed by atoms with Crippen molar-refractivity contribution in [1.82, 2.24) is 5.32 Å². The molecule has 2 fully saturated rings. The lowest BCUT2D eigenvalue weighted by atomic mass is 9.79. The molecule has 0 bridgehead atoms. The minimum atomic E-state index is -0.462. The number of carbonyl (C=O) groups is 1. The van der Waals surface area contributed by atoms with Crippen molar-refractivity contribution in [2.24, 2.45) is 5.41 Å². The molecule has 0 aromatic carbocycles. The molecule has 0 radical (unpaired) electrons. The maximum atomic E-state index is 12.3. The van der Waals surface area contributed by atoms with Gasteiger partial charge in [0.2, 0.25) is 0 Å². The van der Waals surface area contributed by atoms with E-state index in [9.17, 15) is 4.79 Å². The standard InChI is InChI=1S/C14H25NO2S/c1-13(2)8-14(10-18-9-13,12(16)17-3)15-11-6-4-5-7-11/h11,15H,4-10H2,1-3H3. The number of hydrogen-bond acceptors (Lipinski definition) is 4. The molecule has 0 aromatic rings. The highest BCUT2D eigenvalue weighted by Crippen LogP contribution is 2.40. The maximum absolute atomic E-state index is 12.3. The highest BCUT2D eigenvalue weighted by Gasteiger charge is 2.48. The van der Waals surface area contributed by atoms with Crippen molar-refractivity contribution in [2.45, 2.75) is 57.5 Å².